The second-order valence-electron chi connectivity index (χ2n) is 4.47. The van der Waals surface area contributed by atoms with E-state index in [0.717, 1.165) is 11.3 Å². The van der Waals surface area contributed by atoms with Gasteiger partial charge in [0.1, 0.15) is 12.4 Å². The van der Waals surface area contributed by atoms with Gasteiger partial charge in [-0.3, -0.25) is 0 Å². The monoisotopic (exact) mass is 223 g/mol. The molecule has 3 heteroatoms. The van der Waals surface area contributed by atoms with Crippen LogP contribution in [0.4, 0.5) is 0 Å². The van der Waals surface area contributed by atoms with Crippen LogP contribution in [0.3, 0.4) is 0 Å². The standard InChI is InChI=1S/C13H21NO2/c1-4-13(3,15)9-16-12-8-6-5-7-11(12)10(2)14/h5-8,10,15H,4,9,14H2,1-3H3. The number of nitrogens with two attached hydrogens (primary N) is 1. The Hall–Kier alpha value is -1.06. The number of benzene rings is 1. The van der Waals surface area contributed by atoms with E-state index in [0.29, 0.717) is 6.42 Å². The molecular formula is C13H21NO2. The quantitative estimate of drug-likeness (QED) is 0.805. The molecule has 1 aromatic rings. The second kappa shape index (κ2) is 5.32. The van der Waals surface area contributed by atoms with Crippen molar-refractivity contribution in [1.82, 2.24) is 0 Å². The zero-order valence-corrected chi connectivity index (χ0v) is 10.2. The predicted molar refractivity (Wildman–Crippen MR) is 65.5 cm³/mol. The van der Waals surface area contributed by atoms with Crippen LogP contribution in [0, 0.1) is 0 Å². The molecule has 0 radical (unpaired) electrons. The zero-order valence-electron chi connectivity index (χ0n) is 10.2. The van der Waals surface area contributed by atoms with Crippen LogP contribution in [0.5, 0.6) is 5.75 Å². The molecular weight excluding hydrogens is 202 g/mol. The summed E-state index contributed by atoms with van der Waals surface area (Å²) in [6, 6.07) is 7.60. The summed E-state index contributed by atoms with van der Waals surface area (Å²) in [5, 5.41) is 9.86. The highest BCUT2D eigenvalue weighted by Crippen LogP contribution is 2.24. The highest BCUT2D eigenvalue weighted by molar-refractivity contribution is 5.35. The molecule has 0 aliphatic heterocycles. The van der Waals surface area contributed by atoms with E-state index in [1.807, 2.05) is 38.1 Å². The number of para-hydroxylation sites is 1. The topological polar surface area (TPSA) is 55.5 Å². The Morgan fingerprint density at radius 1 is 1.44 bits per heavy atom. The van der Waals surface area contributed by atoms with Crippen LogP contribution in [0.15, 0.2) is 24.3 Å². The van der Waals surface area contributed by atoms with Crippen LogP contribution in [-0.4, -0.2) is 17.3 Å². The van der Waals surface area contributed by atoms with Crippen molar-refractivity contribution in [3.8, 4) is 5.75 Å². The normalized spacial score (nSPS) is 16.6. The molecule has 0 heterocycles. The largest absolute Gasteiger partial charge is 0.490 e. The summed E-state index contributed by atoms with van der Waals surface area (Å²) in [5.74, 6) is 0.756. The zero-order chi connectivity index (χ0) is 12.2. The molecule has 0 saturated heterocycles. The first-order valence-electron chi connectivity index (χ1n) is 5.66. The van der Waals surface area contributed by atoms with Crippen LogP contribution in [0.25, 0.3) is 0 Å². The molecule has 0 aromatic heterocycles. The van der Waals surface area contributed by atoms with Crippen molar-refractivity contribution in [1.29, 1.82) is 0 Å². The lowest BCUT2D eigenvalue weighted by Crippen LogP contribution is -2.31. The second-order valence-corrected chi connectivity index (χ2v) is 4.47. The molecule has 0 fully saturated rings. The third-order valence-electron chi connectivity index (χ3n) is 2.71. The Labute approximate surface area is 97.2 Å². The summed E-state index contributed by atoms with van der Waals surface area (Å²) in [6.45, 7) is 5.90. The summed E-state index contributed by atoms with van der Waals surface area (Å²) in [7, 11) is 0. The van der Waals surface area contributed by atoms with E-state index in [1.54, 1.807) is 6.92 Å². The lowest BCUT2D eigenvalue weighted by molar-refractivity contribution is 0.00810. The fraction of sp³-hybridized carbons (Fsp3) is 0.538. The molecule has 3 N–H and O–H groups in total. The summed E-state index contributed by atoms with van der Waals surface area (Å²) < 4.78 is 5.62. The Balaban J connectivity index is 2.74. The Bertz CT molecular complexity index is 334. The molecule has 0 saturated carbocycles. The molecule has 0 bridgehead atoms. The van der Waals surface area contributed by atoms with Crippen molar-refractivity contribution in [2.24, 2.45) is 5.73 Å². The maximum absolute atomic E-state index is 9.86. The molecule has 0 aliphatic carbocycles. The fourth-order valence-corrected chi connectivity index (χ4v) is 1.32. The van der Waals surface area contributed by atoms with E-state index in [2.05, 4.69) is 0 Å². The van der Waals surface area contributed by atoms with Crippen molar-refractivity contribution in [3.05, 3.63) is 29.8 Å². The van der Waals surface area contributed by atoms with E-state index in [9.17, 15) is 5.11 Å². The number of rotatable bonds is 5. The van der Waals surface area contributed by atoms with Crippen LogP contribution in [0.1, 0.15) is 38.8 Å². The maximum Gasteiger partial charge on any atom is 0.124 e. The average molecular weight is 223 g/mol. The van der Waals surface area contributed by atoms with Gasteiger partial charge in [-0.1, -0.05) is 25.1 Å². The van der Waals surface area contributed by atoms with Crippen LogP contribution in [0.2, 0.25) is 0 Å². The highest BCUT2D eigenvalue weighted by atomic mass is 16.5. The molecule has 90 valence electrons. The van der Waals surface area contributed by atoms with Crippen LogP contribution in [-0.2, 0) is 0 Å². The van der Waals surface area contributed by atoms with Crippen molar-refractivity contribution in [3.63, 3.8) is 0 Å². The lowest BCUT2D eigenvalue weighted by atomic mass is 10.1. The number of hydrogen-bond donors (Lipinski definition) is 2. The van der Waals surface area contributed by atoms with Crippen LogP contribution < -0.4 is 10.5 Å². The average Bonchev–Trinajstić information content (AvgIpc) is 2.27. The van der Waals surface area contributed by atoms with Crippen LogP contribution >= 0.6 is 0 Å². The molecule has 3 nitrogen and oxygen atoms in total. The molecule has 1 aromatic carbocycles. The van der Waals surface area contributed by atoms with Gasteiger partial charge in [-0.05, 0) is 26.3 Å². The van der Waals surface area contributed by atoms with E-state index in [1.165, 1.54) is 0 Å². The van der Waals surface area contributed by atoms with Gasteiger partial charge in [0.25, 0.3) is 0 Å². The van der Waals surface area contributed by atoms with Crippen molar-refractivity contribution in [2.75, 3.05) is 6.61 Å². The molecule has 2 unspecified atom stereocenters. The van der Waals surface area contributed by atoms with Crippen molar-refractivity contribution >= 4 is 0 Å². The van der Waals surface area contributed by atoms with Gasteiger partial charge in [0.2, 0.25) is 0 Å². The lowest BCUT2D eigenvalue weighted by Gasteiger charge is -2.23. The number of hydrogen-bond acceptors (Lipinski definition) is 3. The molecule has 2 atom stereocenters. The van der Waals surface area contributed by atoms with Gasteiger partial charge in [-0.15, -0.1) is 0 Å². The molecule has 1 rings (SSSR count). The SMILES string of the molecule is CCC(C)(O)COc1ccccc1C(C)N. The van der Waals surface area contributed by atoms with E-state index >= 15 is 0 Å². The minimum atomic E-state index is -0.787. The maximum atomic E-state index is 9.86. The minimum absolute atomic E-state index is 0.0669. The Morgan fingerprint density at radius 3 is 2.62 bits per heavy atom. The first kappa shape index (κ1) is 13.0. The van der Waals surface area contributed by atoms with Gasteiger partial charge in [0, 0.05) is 11.6 Å². The molecule has 16 heavy (non-hydrogen) atoms. The molecule has 0 aliphatic rings. The van der Waals surface area contributed by atoms with E-state index in [4.69, 9.17) is 10.5 Å². The summed E-state index contributed by atoms with van der Waals surface area (Å²) in [5.41, 5.74) is 6.02. The van der Waals surface area contributed by atoms with E-state index < -0.39 is 5.60 Å². The van der Waals surface area contributed by atoms with Crippen molar-refractivity contribution in [2.45, 2.75) is 38.8 Å². The first-order chi connectivity index (χ1) is 7.46. The van der Waals surface area contributed by atoms with Gasteiger partial charge < -0.3 is 15.6 Å². The Morgan fingerprint density at radius 2 is 2.06 bits per heavy atom. The highest BCUT2D eigenvalue weighted by Gasteiger charge is 2.19. The predicted octanol–water partition coefficient (Wildman–Crippen LogP) is 2.25. The summed E-state index contributed by atoms with van der Waals surface area (Å²) >= 11 is 0. The third kappa shape index (κ3) is 3.51. The fourth-order valence-electron chi connectivity index (χ4n) is 1.32. The molecule has 0 spiro atoms. The number of aliphatic hydroxyl groups is 1. The van der Waals surface area contributed by atoms with Gasteiger partial charge in [-0.25, -0.2) is 0 Å². The molecule has 0 amide bonds. The van der Waals surface area contributed by atoms with Gasteiger partial charge in [-0.2, -0.15) is 0 Å². The van der Waals surface area contributed by atoms with Crippen molar-refractivity contribution < 1.29 is 9.84 Å². The summed E-state index contributed by atoms with van der Waals surface area (Å²) in [4.78, 5) is 0. The minimum Gasteiger partial charge on any atom is -0.490 e. The van der Waals surface area contributed by atoms with Gasteiger partial charge >= 0.3 is 0 Å². The first-order valence-corrected chi connectivity index (χ1v) is 5.66. The van der Waals surface area contributed by atoms with Gasteiger partial charge in [0.15, 0.2) is 0 Å². The smallest absolute Gasteiger partial charge is 0.124 e. The van der Waals surface area contributed by atoms with Gasteiger partial charge in [0.05, 0.1) is 5.60 Å². The number of ether oxygens (including phenoxy) is 1. The summed E-state index contributed by atoms with van der Waals surface area (Å²) in [6.07, 6.45) is 0.660. The third-order valence-corrected chi connectivity index (χ3v) is 2.71. The van der Waals surface area contributed by atoms with E-state index in [-0.39, 0.29) is 12.6 Å². The Kier molecular flexibility index (Phi) is 4.33.